The van der Waals surface area contributed by atoms with Gasteiger partial charge in [-0.05, 0) is 43.3 Å². The van der Waals surface area contributed by atoms with Gasteiger partial charge in [0.05, 0.1) is 10.2 Å². The highest BCUT2D eigenvalue weighted by Gasteiger charge is 2.05. The second kappa shape index (κ2) is 5.42. The first-order chi connectivity index (χ1) is 8.22. The van der Waals surface area contributed by atoms with Crippen molar-refractivity contribution in [3.05, 3.63) is 23.8 Å². The predicted octanol–water partition coefficient (Wildman–Crippen LogP) is 3.17. The minimum Gasteiger partial charge on any atom is -0.363 e. The summed E-state index contributed by atoms with van der Waals surface area (Å²) in [7, 11) is 0. The van der Waals surface area contributed by atoms with E-state index in [-0.39, 0.29) is 0 Å². The first-order valence-corrected chi connectivity index (χ1v) is 6.89. The summed E-state index contributed by atoms with van der Waals surface area (Å²) in [6, 6.07) is 6.37. The molecule has 2 aromatic rings. The smallest absolute Gasteiger partial charge is 0.190 e. The Kier molecular flexibility index (Phi) is 3.91. The predicted molar refractivity (Wildman–Crippen MR) is 78.9 cm³/mol. The van der Waals surface area contributed by atoms with Gasteiger partial charge in [-0.1, -0.05) is 24.3 Å². The lowest BCUT2D eigenvalue weighted by atomic mass is 10.2. The Morgan fingerprint density at radius 3 is 2.94 bits per heavy atom. The summed E-state index contributed by atoms with van der Waals surface area (Å²) in [6.07, 6.45) is 1.05. The van der Waals surface area contributed by atoms with Crippen molar-refractivity contribution in [3.8, 4) is 0 Å². The van der Waals surface area contributed by atoms with Crippen molar-refractivity contribution in [2.24, 2.45) is 0 Å². The largest absolute Gasteiger partial charge is 0.363 e. The Hall–Kier alpha value is -1.20. The normalized spacial score (nSPS) is 10.5. The number of benzene rings is 1. The van der Waals surface area contributed by atoms with Crippen LogP contribution >= 0.6 is 23.6 Å². The van der Waals surface area contributed by atoms with Crippen LogP contribution in [0.1, 0.15) is 19.4 Å². The molecule has 1 aromatic heterocycles. The molecule has 2 rings (SSSR count). The second-order valence-corrected chi connectivity index (χ2v) is 5.10. The topological polar surface area (TPSA) is 37.0 Å². The SMILES string of the molecule is CCNC(=S)Nc1nc2ccc(CC)cc2s1. The maximum Gasteiger partial charge on any atom is 0.190 e. The molecular formula is C12H15N3S2. The lowest BCUT2D eigenvalue weighted by Crippen LogP contribution is -2.27. The lowest BCUT2D eigenvalue weighted by Gasteiger charge is -2.04. The monoisotopic (exact) mass is 265 g/mol. The first-order valence-electron chi connectivity index (χ1n) is 5.67. The van der Waals surface area contributed by atoms with Gasteiger partial charge < -0.3 is 10.6 Å². The van der Waals surface area contributed by atoms with E-state index in [9.17, 15) is 0 Å². The fraction of sp³-hybridized carbons (Fsp3) is 0.333. The Morgan fingerprint density at radius 2 is 2.24 bits per heavy atom. The first kappa shape index (κ1) is 12.3. The molecule has 0 unspecified atom stereocenters. The van der Waals surface area contributed by atoms with Crippen molar-refractivity contribution in [1.82, 2.24) is 10.3 Å². The zero-order valence-corrected chi connectivity index (χ0v) is 11.5. The molecule has 0 radical (unpaired) electrons. The van der Waals surface area contributed by atoms with Crippen LogP contribution in [0.2, 0.25) is 0 Å². The van der Waals surface area contributed by atoms with E-state index in [1.54, 1.807) is 11.3 Å². The highest BCUT2D eigenvalue weighted by atomic mass is 32.1. The van der Waals surface area contributed by atoms with Crippen molar-refractivity contribution >= 4 is 44.0 Å². The molecule has 0 aliphatic carbocycles. The van der Waals surface area contributed by atoms with E-state index < -0.39 is 0 Å². The van der Waals surface area contributed by atoms with Gasteiger partial charge in [0.1, 0.15) is 0 Å². The average Bonchev–Trinajstić information content (AvgIpc) is 2.69. The summed E-state index contributed by atoms with van der Waals surface area (Å²) in [5, 5.41) is 7.62. The van der Waals surface area contributed by atoms with E-state index in [0.29, 0.717) is 5.11 Å². The van der Waals surface area contributed by atoms with Gasteiger partial charge in [-0.3, -0.25) is 0 Å². The molecule has 1 heterocycles. The van der Waals surface area contributed by atoms with E-state index in [1.165, 1.54) is 10.3 Å². The quantitative estimate of drug-likeness (QED) is 0.836. The number of hydrogen-bond acceptors (Lipinski definition) is 3. The van der Waals surface area contributed by atoms with Gasteiger partial charge in [0, 0.05) is 6.54 Å². The number of aryl methyl sites for hydroxylation is 1. The molecule has 0 bridgehead atoms. The third-order valence-electron chi connectivity index (χ3n) is 2.42. The van der Waals surface area contributed by atoms with E-state index in [0.717, 1.165) is 23.6 Å². The summed E-state index contributed by atoms with van der Waals surface area (Å²) >= 11 is 6.76. The molecule has 5 heteroatoms. The number of anilines is 1. The zero-order chi connectivity index (χ0) is 12.3. The van der Waals surface area contributed by atoms with Crippen LogP contribution in [0.25, 0.3) is 10.2 Å². The van der Waals surface area contributed by atoms with Crippen LogP contribution in [-0.2, 0) is 6.42 Å². The standard InChI is InChI=1S/C12H15N3S2/c1-3-8-5-6-9-10(7-8)17-12(14-9)15-11(16)13-4-2/h5-7H,3-4H2,1-2H3,(H2,13,14,15,16). The fourth-order valence-electron chi connectivity index (χ4n) is 1.54. The number of thiazole rings is 1. The summed E-state index contributed by atoms with van der Waals surface area (Å²) in [6.45, 7) is 4.98. The number of nitrogens with zero attached hydrogens (tertiary/aromatic N) is 1. The average molecular weight is 265 g/mol. The zero-order valence-electron chi connectivity index (χ0n) is 9.91. The highest BCUT2D eigenvalue weighted by Crippen LogP contribution is 2.26. The Labute approximate surface area is 110 Å². The molecule has 90 valence electrons. The van der Waals surface area contributed by atoms with E-state index in [1.807, 2.05) is 6.92 Å². The van der Waals surface area contributed by atoms with E-state index in [2.05, 4.69) is 40.7 Å². The second-order valence-electron chi connectivity index (χ2n) is 3.66. The molecule has 2 N–H and O–H groups in total. The molecule has 0 aliphatic heterocycles. The number of rotatable bonds is 3. The third-order valence-corrected chi connectivity index (χ3v) is 3.60. The molecule has 0 atom stereocenters. The summed E-state index contributed by atoms with van der Waals surface area (Å²) in [5.41, 5.74) is 2.36. The van der Waals surface area contributed by atoms with Crippen molar-refractivity contribution < 1.29 is 0 Å². The van der Waals surface area contributed by atoms with Crippen molar-refractivity contribution in [1.29, 1.82) is 0 Å². The van der Waals surface area contributed by atoms with Crippen LogP contribution in [0.3, 0.4) is 0 Å². The van der Waals surface area contributed by atoms with Gasteiger partial charge in [0.25, 0.3) is 0 Å². The van der Waals surface area contributed by atoms with Crippen molar-refractivity contribution in [2.75, 3.05) is 11.9 Å². The van der Waals surface area contributed by atoms with Crippen LogP contribution in [0.15, 0.2) is 18.2 Å². The van der Waals surface area contributed by atoms with Gasteiger partial charge >= 0.3 is 0 Å². The number of aromatic nitrogens is 1. The molecule has 0 fully saturated rings. The minimum absolute atomic E-state index is 0.627. The molecule has 0 saturated heterocycles. The number of fused-ring (bicyclic) bond motifs is 1. The number of nitrogens with one attached hydrogen (secondary N) is 2. The molecule has 17 heavy (non-hydrogen) atoms. The molecule has 3 nitrogen and oxygen atoms in total. The highest BCUT2D eigenvalue weighted by molar-refractivity contribution is 7.80. The van der Waals surface area contributed by atoms with Gasteiger partial charge in [0.15, 0.2) is 10.2 Å². The molecule has 1 aromatic carbocycles. The Balaban J connectivity index is 2.22. The van der Waals surface area contributed by atoms with E-state index in [4.69, 9.17) is 12.2 Å². The number of thiocarbonyl (C=S) groups is 1. The maximum absolute atomic E-state index is 5.13. The summed E-state index contributed by atoms with van der Waals surface area (Å²) in [4.78, 5) is 4.49. The van der Waals surface area contributed by atoms with E-state index >= 15 is 0 Å². The molecule has 0 amide bonds. The molecule has 0 spiro atoms. The van der Waals surface area contributed by atoms with Gasteiger partial charge in [-0.2, -0.15) is 0 Å². The van der Waals surface area contributed by atoms with Crippen LogP contribution < -0.4 is 10.6 Å². The van der Waals surface area contributed by atoms with Crippen molar-refractivity contribution in [2.45, 2.75) is 20.3 Å². The Bertz CT molecular complexity index is 534. The van der Waals surface area contributed by atoms with Gasteiger partial charge in [-0.25, -0.2) is 4.98 Å². The fourth-order valence-corrected chi connectivity index (χ4v) is 2.78. The Morgan fingerprint density at radius 1 is 1.41 bits per heavy atom. The number of hydrogen-bond donors (Lipinski definition) is 2. The maximum atomic E-state index is 5.13. The molecular weight excluding hydrogens is 250 g/mol. The van der Waals surface area contributed by atoms with Crippen molar-refractivity contribution in [3.63, 3.8) is 0 Å². The van der Waals surface area contributed by atoms with Crippen LogP contribution in [-0.4, -0.2) is 16.6 Å². The van der Waals surface area contributed by atoms with Crippen LogP contribution in [0, 0.1) is 0 Å². The third kappa shape index (κ3) is 2.92. The van der Waals surface area contributed by atoms with Crippen LogP contribution in [0.4, 0.5) is 5.13 Å². The van der Waals surface area contributed by atoms with Crippen LogP contribution in [0.5, 0.6) is 0 Å². The lowest BCUT2D eigenvalue weighted by molar-refractivity contribution is 0.979. The summed E-state index contributed by atoms with van der Waals surface area (Å²) < 4.78 is 1.20. The van der Waals surface area contributed by atoms with Gasteiger partial charge in [0.2, 0.25) is 0 Å². The molecule has 0 saturated carbocycles. The minimum atomic E-state index is 0.627. The van der Waals surface area contributed by atoms with Gasteiger partial charge in [-0.15, -0.1) is 0 Å². The summed E-state index contributed by atoms with van der Waals surface area (Å²) in [5.74, 6) is 0. The molecule has 0 aliphatic rings.